The molecule has 0 fully saturated rings. The van der Waals surface area contributed by atoms with E-state index in [1.54, 1.807) is 24.3 Å². The van der Waals surface area contributed by atoms with Crippen molar-refractivity contribution in [1.82, 2.24) is 14.8 Å². The first-order chi connectivity index (χ1) is 15.0. The van der Waals surface area contributed by atoms with Gasteiger partial charge in [-0.25, -0.2) is 0 Å². The summed E-state index contributed by atoms with van der Waals surface area (Å²) in [5, 5.41) is 21.1. The van der Waals surface area contributed by atoms with E-state index in [1.165, 1.54) is 35.0 Å². The van der Waals surface area contributed by atoms with Gasteiger partial charge in [0, 0.05) is 11.9 Å². The molecule has 8 heteroatoms. The van der Waals surface area contributed by atoms with Crippen LogP contribution >= 0.6 is 23.1 Å². The van der Waals surface area contributed by atoms with Crippen LogP contribution in [-0.2, 0) is 24.7 Å². The smallest absolute Gasteiger partial charge is 0.237 e. The molecule has 31 heavy (non-hydrogen) atoms. The van der Waals surface area contributed by atoms with Gasteiger partial charge >= 0.3 is 0 Å². The lowest BCUT2D eigenvalue weighted by Crippen LogP contribution is -2.23. The highest BCUT2D eigenvalue weighted by atomic mass is 32.2. The van der Waals surface area contributed by atoms with Crippen LogP contribution < -0.4 is 5.32 Å². The van der Waals surface area contributed by atoms with Crippen molar-refractivity contribution in [2.45, 2.75) is 49.9 Å². The summed E-state index contributed by atoms with van der Waals surface area (Å²) in [4.78, 5) is 15.3. The first-order valence-corrected chi connectivity index (χ1v) is 12.2. The number of aryl methyl sites for hydroxylation is 1. The van der Waals surface area contributed by atoms with Gasteiger partial charge < -0.3 is 9.88 Å². The molecule has 4 rings (SSSR count). The Morgan fingerprint density at radius 3 is 3.00 bits per heavy atom. The van der Waals surface area contributed by atoms with E-state index in [-0.39, 0.29) is 11.2 Å². The number of thioether (sulfide) groups is 1. The number of aromatic nitrogens is 3. The van der Waals surface area contributed by atoms with Gasteiger partial charge in [0.15, 0.2) is 11.0 Å². The molecule has 2 atom stereocenters. The van der Waals surface area contributed by atoms with Crippen molar-refractivity contribution in [3.8, 4) is 16.8 Å². The highest BCUT2D eigenvalue weighted by molar-refractivity contribution is 8.00. The van der Waals surface area contributed by atoms with Gasteiger partial charge in [-0.1, -0.05) is 37.2 Å². The van der Waals surface area contributed by atoms with E-state index in [9.17, 15) is 10.1 Å². The predicted octanol–water partition coefficient (Wildman–Crippen LogP) is 5.05. The Hall–Kier alpha value is -2.63. The number of carbonyl (C=O) groups is 1. The second-order valence-electron chi connectivity index (χ2n) is 7.85. The van der Waals surface area contributed by atoms with Crippen molar-refractivity contribution < 1.29 is 4.79 Å². The Bertz CT molecular complexity index is 1140. The lowest BCUT2D eigenvalue weighted by atomic mass is 9.87. The zero-order valence-corrected chi connectivity index (χ0v) is 19.5. The minimum atomic E-state index is -0.385. The van der Waals surface area contributed by atoms with E-state index < -0.39 is 0 Å². The number of nitriles is 1. The third kappa shape index (κ3) is 4.53. The zero-order valence-electron chi connectivity index (χ0n) is 17.9. The highest BCUT2D eigenvalue weighted by Gasteiger charge is 2.24. The van der Waals surface area contributed by atoms with Gasteiger partial charge in [-0.15, -0.1) is 21.5 Å². The maximum atomic E-state index is 12.7. The topological polar surface area (TPSA) is 83.6 Å². The van der Waals surface area contributed by atoms with Crippen LogP contribution in [0.3, 0.4) is 0 Å². The molecule has 1 N–H and O–H groups in total. The fourth-order valence-electron chi connectivity index (χ4n) is 3.83. The second-order valence-corrected chi connectivity index (χ2v) is 10.3. The molecule has 3 aromatic rings. The van der Waals surface area contributed by atoms with Crippen molar-refractivity contribution >= 4 is 34.7 Å². The van der Waals surface area contributed by atoms with Crippen molar-refractivity contribution in [1.29, 1.82) is 5.26 Å². The number of thiophene rings is 1. The van der Waals surface area contributed by atoms with E-state index >= 15 is 0 Å². The molecule has 1 amide bonds. The number of anilines is 1. The van der Waals surface area contributed by atoms with Crippen LogP contribution in [-0.4, -0.2) is 25.9 Å². The SMILES string of the molecule is CCC1CCc2sc(-c3nnc(SC(C)C(=O)Nc4ccccc4C#N)n3C)cc2C1. The number of rotatable bonds is 6. The predicted molar refractivity (Wildman–Crippen MR) is 125 cm³/mol. The van der Waals surface area contributed by atoms with E-state index in [2.05, 4.69) is 34.6 Å². The number of benzene rings is 1. The van der Waals surface area contributed by atoms with Crippen molar-refractivity contribution in [3.63, 3.8) is 0 Å². The number of fused-ring (bicyclic) bond motifs is 1. The molecule has 0 aliphatic heterocycles. The summed E-state index contributed by atoms with van der Waals surface area (Å²) >= 11 is 3.18. The van der Waals surface area contributed by atoms with Gasteiger partial charge in [-0.05, 0) is 55.9 Å². The molecule has 2 unspecified atom stereocenters. The maximum Gasteiger partial charge on any atom is 0.237 e. The monoisotopic (exact) mass is 451 g/mol. The van der Waals surface area contributed by atoms with Gasteiger partial charge in [-0.2, -0.15) is 5.26 Å². The van der Waals surface area contributed by atoms with Crippen molar-refractivity contribution in [2.75, 3.05) is 5.32 Å². The van der Waals surface area contributed by atoms with E-state index in [0.29, 0.717) is 16.4 Å². The molecule has 1 aliphatic rings. The molecule has 0 bridgehead atoms. The Balaban J connectivity index is 1.47. The Kier molecular flexibility index (Phi) is 6.44. The van der Waals surface area contributed by atoms with E-state index in [1.807, 2.05) is 29.9 Å². The molecule has 6 nitrogen and oxygen atoms in total. The summed E-state index contributed by atoms with van der Waals surface area (Å²) in [7, 11) is 1.95. The lowest BCUT2D eigenvalue weighted by molar-refractivity contribution is -0.115. The molecule has 0 saturated carbocycles. The van der Waals surface area contributed by atoms with Crippen molar-refractivity contribution in [2.24, 2.45) is 13.0 Å². The maximum absolute atomic E-state index is 12.7. The molecule has 0 radical (unpaired) electrons. The quantitative estimate of drug-likeness (QED) is 0.530. The van der Waals surface area contributed by atoms with Crippen LogP contribution in [0.1, 0.15) is 42.7 Å². The third-order valence-corrected chi connectivity index (χ3v) is 8.14. The largest absolute Gasteiger partial charge is 0.324 e. The summed E-state index contributed by atoms with van der Waals surface area (Å²) < 4.78 is 1.96. The summed E-state index contributed by atoms with van der Waals surface area (Å²) in [6.07, 6.45) is 4.81. The molecular formula is C23H25N5OS2. The number of hydrogen-bond donors (Lipinski definition) is 1. The number of carbonyl (C=O) groups excluding carboxylic acids is 1. The number of nitrogens with one attached hydrogen (secondary N) is 1. The molecule has 1 aliphatic carbocycles. The van der Waals surface area contributed by atoms with Gasteiger partial charge in [0.2, 0.25) is 5.91 Å². The Morgan fingerprint density at radius 2 is 2.23 bits per heavy atom. The highest BCUT2D eigenvalue weighted by Crippen LogP contribution is 2.38. The Labute approximate surface area is 190 Å². The number of amides is 1. The molecule has 2 aromatic heterocycles. The van der Waals surface area contributed by atoms with Crippen LogP contribution in [0.15, 0.2) is 35.5 Å². The fraction of sp³-hybridized carbons (Fsp3) is 0.391. The van der Waals surface area contributed by atoms with Crippen LogP contribution in [0.2, 0.25) is 0 Å². The van der Waals surface area contributed by atoms with Crippen LogP contribution in [0.4, 0.5) is 5.69 Å². The third-order valence-electron chi connectivity index (χ3n) is 5.77. The molecule has 160 valence electrons. The summed E-state index contributed by atoms with van der Waals surface area (Å²) in [5.74, 6) is 1.46. The normalized spacial score (nSPS) is 16.4. The Morgan fingerprint density at radius 1 is 1.42 bits per heavy atom. The van der Waals surface area contributed by atoms with E-state index in [0.717, 1.165) is 29.5 Å². The molecular weight excluding hydrogens is 426 g/mol. The van der Waals surface area contributed by atoms with Gasteiger partial charge in [0.1, 0.15) is 6.07 Å². The number of para-hydroxylation sites is 1. The van der Waals surface area contributed by atoms with E-state index in [4.69, 9.17) is 0 Å². The second kappa shape index (κ2) is 9.25. The molecule has 0 spiro atoms. The average Bonchev–Trinajstić information content (AvgIpc) is 3.36. The summed E-state index contributed by atoms with van der Waals surface area (Å²) in [5.41, 5.74) is 2.43. The van der Waals surface area contributed by atoms with Gasteiger partial charge in [0.05, 0.1) is 21.4 Å². The molecule has 1 aromatic carbocycles. The minimum Gasteiger partial charge on any atom is -0.324 e. The standard InChI is InChI=1S/C23H25N5OS2/c1-4-15-9-10-19-17(11-15)12-20(31-19)21-26-27-23(28(21)3)30-14(2)22(29)25-18-8-6-5-7-16(18)13-24/h5-8,12,14-15H,4,9-11H2,1-3H3,(H,25,29). The summed E-state index contributed by atoms with van der Waals surface area (Å²) in [6.45, 7) is 4.10. The zero-order chi connectivity index (χ0) is 22.0. The van der Waals surface area contributed by atoms with Crippen LogP contribution in [0, 0.1) is 17.2 Å². The van der Waals surface area contributed by atoms with Crippen LogP contribution in [0.25, 0.3) is 10.7 Å². The average molecular weight is 452 g/mol. The molecule has 0 saturated heterocycles. The minimum absolute atomic E-state index is 0.172. The number of nitrogens with zero attached hydrogens (tertiary/aromatic N) is 4. The lowest BCUT2D eigenvalue weighted by Gasteiger charge is -2.19. The first-order valence-electron chi connectivity index (χ1n) is 10.5. The number of hydrogen-bond acceptors (Lipinski definition) is 6. The first kappa shape index (κ1) is 21.6. The summed E-state index contributed by atoms with van der Waals surface area (Å²) in [6, 6.07) is 11.4. The van der Waals surface area contributed by atoms with Gasteiger partial charge in [-0.3, -0.25) is 4.79 Å². The fourth-order valence-corrected chi connectivity index (χ4v) is 5.87. The van der Waals surface area contributed by atoms with Crippen molar-refractivity contribution in [3.05, 3.63) is 46.3 Å². The van der Waals surface area contributed by atoms with Gasteiger partial charge in [0.25, 0.3) is 0 Å². The molecule has 2 heterocycles. The van der Waals surface area contributed by atoms with Crippen LogP contribution in [0.5, 0.6) is 0 Å².